The van der Waals surface area contributed by atoms with Crippen LogP contribution in [-0.2, 0) is 4.79 Å². The molecule has 0 unspecified atom stereocenters. The number of aromatic nitrogens is 4. The zero-order valence-corrected chi connectivity index (χ0v) is 22.2. The number of rotatable bonds is 6. The van der Waals surface area contributed by atoms with Crippen molar-refractivity contribution in [2.24, 2.45) is 5.73 Å². The zero-order valence-electron chi connectivity index (χ0n) is 22.2. The van der Waals surface area contributed by atoms with Gasteiger partial charge in [-0.1, -0.05) is 6.07 Å². The number of nitriles is 1. The molecule has 5 N–H and O–H groups in total. The number of nitrogen functional groups attached to an aromatic ring is 1. The van der Waals surface area contributed by atoms with Gasteiger partial charge in [0.2, 0.25) is 5.82 Å². The molecule has 1 aliphatic heterocycles. The molecule has 214 valence electrons. The molecule has 1 amide bonds. The SMILES string of the molecule is N#CC(=CC1(N)CC1)C(=O)N1CCC[C@@H](c2nc(N)c3c(-c4ccc(Oc5cccc(F)c5F)cc4F)n[nH]c3n2)C1. The summed E-state index contributed by atoms with van der Waals surface area (Å²) < 4.78 is 48.0. The Hall–Kier alpha value is -4.96. The molecule has 6 rings (SSSR count). The molecule has 1 atom stereocenters. The molecule has 1 saturated heterocycles. The number of hydrogen-bond acceptors (Lipinski definition) is 8. The van der Waals surface area contributed by atoms with E-state index in [1.165, 1.54) is 24.3 Å². The van der Waals surface area contributed by atoms with Gasteiger partial charge in [-0.3, -0.25) is 9.89 Å². The minimum atomic E-state index is -1.18. The van der Waals surface area contributed by atoms with E-state index >= 15 is 4.39 Å². The number of H-pyrrole nitrogens is 1. The van der Waals surface area contributed by atoms with Crippen molar-refractivity contribution in [3.8, 4) is 28.8 Å². The van der Waals surface area contributed by atoms with E-state index in [4.69, 9.17) is 16.2 Å². The predicted octanol–water partition coefficient (Wildman–Crippen LogP) is 4.46. The molecule has 0 spiro atoms. The lowest BCUT2D eigenvalue weighted by atomic mass is 9.96. The minimum Gasteiger partial charge on any atom is -0.454 e. The van der Waals surface area contributed by atoms with Crippen LogP contribution in [-0.4, -0.2) is 49.6 Å². The third-order valence-corrected chi connectivity index (χ3v) is 7.49. The number of nitrogens with two attached hydrogens (primary N) is 2. The lowest BCUT2D eigenvalue weighted by Gasteiger charge is -2.32. The number of hydrogen-bond donors (Lipinski definition) is 3. The summed E-state index contributed by atoms with van der Waals surface area (Å²) in [4.78, 5) is 23.7. The molecule has 0 bridgehead atoms. The smallest absolute Gasteiger partial charge is 0.264 e. The van der Waals surface area contributed by atoms with Crippen LogP contribution >= 0.6 is 0 Å². The number of aromatic amines is 1. The van der Waals surface area contributed by atoms with Crippen molar-refractivity contribution in [3.63, 3.8) is 0 Å². The summed E-state index contributed by atoms with van der Waals surface area (Å²) >= 11 is 0. The number of ether oxygens (including phenoxy) is 1. The number of carbonyl (C=O) groups is 1. The van der Waals surface area contributed by atoms with Gasteiger partial charge in [0.25, 0.3) is 5.91 Å². The van der Waals surface area contributed by atoms with Crippen LogP contribution < -0.4 is 16.2 Å². The number of nitrogens with one attached hydrogen (secondary N) is 1. The number of fused-ring (bicyclic) bond motifs is 1. The molecule has 1 saturated carbocycles. The van der Waals surface area contributed by atoms with Crippen LogP contribution in [0, 0.1) is 28.8 Å². The van der Waals surface area contributed by atoms with Crippen molar-refractivity contribution in [1.82, 2.24) is 25.1 Å². The molecule has 13 heteroatoms. The quantitative estimate of drug-likeness (QED) is 0.225. The third kappa shape index (κ3) is 5.12. The van der Waals surface area contributed by atoms with Gasteiger partial charge in [0, 0.05) is 36.2 Å². The largest absolute Gasteiger partial charge is 0.454 e. The summed E-state index contributed by atoms with van der Waals surface area (Å²) in [7, 11) is 0. The van der Waals surface area contributed by atoms with E-state index in [2.05, 4.69) is 20.2 Å². The summed E-state index contributed by atoms with van der Waals surface area (Å²) in [5.74, 6) is -3.59. The standard InChI is InChI=1S/C29H25F3N8O2/c30-19-4-1-5-21(23(19)32)42-17-6-7-18(20(31)11-17)24-22-25(34)36-26(37-27(22)39-38-24)15-3-2-10-40(14-15)28(41)16(13-33)12-29(35)8-9-29/h1,4-7,11-12,15H,2-3,8-10,14,35H2,(H3,34,36,37,38,39)/t15-/m1/s1. The topological polar surface area (TPSA) is 160 Å². The second-order valence-electron chi connectivity index (χ2n) is 10.6. The molecule has 2 aromatic heterocycles. The fourth-order valence-electron chi connectivity index (χ4n) is 5.05. The number of likely N-dealkylation sites (tertiary alicyclic amines) is 1. The van der Waals surface area contributed by atoms with Gasteiger partial charge >= 0.3 is 0 Å². The first-order chi connectivity index (χ1) is 20.2. The first kappa shape index (κ1) is 27.2. The lowest BCUT2D eigenvalue weighted by molar-refractivity contribution is -0.127. The number of benzene rings is 2. The second-order valence-corrected chi connectivity index (χ2v) is 10.6. The normalized spacial score (nSPS) is 18.1. The van der Waals surface area contributed by atoms with Crippen molar-refractivity contribution in [2.45, 2.75) is 37.1 Å². The molecule has 42 heavy (non-hydrogen) atoms. The van der Waals surface area contributed by atoms with Crippen LogP contribution in [0.25, 0.3) is 22.3 Å². The number of carbonyl (C=O) groups excluding carboxylic acids is 1. The van der Waals surface area contributed by atoms with E-state index in [0.29, 0.717) is 37.1 Å². The zero-order chi connectivity index (χ0) is 29.6. The van der Waals surface area contributed by atoms with Crippen LogP contribution in [0.1, 0.15) is 37.4 Å². The van der Waals surface area contributed by atoms with Gasteiger partial charge in [0.05, 0.1) is 5.39 Å². The van der Waals surface area contributed by atoms with Gasteiger partial charge in [-0.05, 0) is 56.0 Å². The number of amides is 1. The molecular weight excluding hydrogens is 549 g/mol. The van der Waals surface area contributed by atoms with Gasteiger partial charge in [-0.15, -0.1) is 0 Å². The predicted molar refractivity (Wildman–Crippen MR) is 146 cm³/mol. The van der Waals surface area contributed by atoms with E-state index in [0.717, 1.165) is 25.0 Å². The summed E-state index contributed by atoms with van der Waals surface area (Å²) in [6, 6.07) is 9.23. The number of piperidine rings is 1. The fourth-order valence-corrected chi connectivity index (χ4v) is 5.05. The highest BCUT2D eigenvalue weighted by molar-refractivity contribution is 5.98. The van der Waals surface area contributed by atoms with E-state index < -0.39 is 23.0 Å². The van der Waals surface area contributed by atoms with Crippen molar-refractivity contribution in [2.75, 3.05) is 18.8 Å². The first-order valence-electron chi connectivity index (χ1n) is 13.3. The van der Waals surface area contributed by atoms with Crippen LogP contribution in [0.2, 0.25) is 0 Å². The highest BCUT2D eigenvalue weighted by Crippen LogP contribution is 2.37. The Labute approximate surface area is 237 Å². The van der Waals surface area contributed by atoms with Crippen LogP contribution in [0.5, 0.6) is 11.5 Å². The Kier molecular flexibility index (Phi) is 6.78. The summed E-state index contributed by atoms with van der Waals surface area (Å²) in [6.07, 6.45) is 4.42. The Morgan fingerprint density at radius 3 is 2.74 bits per heavy atom. The molecule has 2 fully saturated rings. The molecule has 2 aliphatic rings. The second kappa shape index (κ2) is 10.5. The summed E-state index contributed by atoms with van der Waals surface area (Å²) in [5.41, 5.74) is 12.4. The molecule has 4 aromatic rings. The van der Waals surface area contributed by atoms with Gasteiger partial charge in [-0.25, -0.2) is 18.7 Å². The molecular formula is C29H25F3N8O2. The van der Waals surface area contributed by atoms with Crippen LogP contribution in [0.4, 0.5) is 19.0 Å². The van der Waals surface area contributed by atoms with Crippen molar-refractivity contribution >= 4 is 22.8 Å². The molecule has 1 aliphatic carbocycles. The maximum absolute atomic E-state index is 15.2. The third-order valence-electron chi connectivity index (χ3n) is 7.49. The minimum absolute atomic E-state index is 0.0317. The molecule has 3 heterocycles. The van der Waals surface area contributed by atoms with Crippen LogP contribution in [0.3, 0.4) is 0 Å². The van der Waals surface area contributed by atoms with E-state index in [1.807, 2.05) is 6.07 Å². The van der Waals surface area contributed by atoms with Gasteiger partial charge in [-0.2, -0.15) is 14.8 Å². The molecule has 2 aromatic carbocycles. The Balaban J connectivity index is 1.24. The average molecular weight is 575 g/mol. The maximum Gasteiger partial charge on any atom is 0.264 e. The first-order valence-corrected chi connectivity index (χ1v) is 13.3. The molecule has 0 radical (unpaired) electrons. The highest BCUT2D eigenvalue weighted by Gasteiger charge is 2.38. The van der Waals surface area contributed by atoms with E-state index in [-0.39, 0.29) is 51.6 Å². The van der Waals surface area contributed by atoms with E-state index in [1.54, 1.807) is 11.0 Å². The van der Waals surface area contributed by atoms with Crippen molar-refractivity contribution in [3.05, 3.63) is 71.3 Å². The van der Waals surface area contributed by atoms with Gasteiger partial charge in [0.15, 0.2) is 17.2 Å². The van der Waals surface area contributed by atoms with Gasteiger partial charge in [0.1, 0.15) is 40.5 Å². The number of anilines is 1. The average Bonchev–Trinajstić information content (AvgIpc) is 3.55. The lowest BCUT2D eigenvalue weighted by Crippen LogP contribution is -2.40. The maximum atomic E-state index is 15.2. The number of halogens is 3. The Morgan fingerprint density at radius 2 is 2.00 bits per heavy atom. The van der Waals surface area contributed by atoms with Gasteiger partial charge < -0.3 is 21.1 Å². The van der Waals surface area contributed by atoms with Crippen molar-refractivity contribution < 1.29 is 22.7 Å². The van der Waals surface area contributed by atoms with Crippen LogP contribution in [0.15, 0.2) is 48.0 Å². The van der Waals surface area contributed by atoms with E-state index in [9.17, 15) is 18.8 Å². The Bertz CT molecular complexity index is 1790. The summed E-state index contributed by atoms with van der Waals surface area (Å²) in [6.45, 7) is 0.784. The summed E-state index contributed by atoms with van der Waals surface area (Å²) in [5, 5.41) is 16.8. The number of nitrogens with zero attached hydrogens (tertiary/aromatic N) is 5. The molecule has 10 nitrogen and oxygen atoms in total. The Morgan fingerprint density at radius 1 is 1.19 bits per heavy atom. The fraction of sp³-hybridized carbons (Fsp3) is 0.276. The monoisotopic (exact) mass is 574 g/mol. The van der Waals surface area contributed by atoms with Crippen molar-refractivity contribution in [1.29, 1.82) is 5.26 Å². The highest BCUT2D eigenvalue weighted by atomic mass is 19.2.